The van der Waals surface area contributed by atoms with E-state index in [0.717, 1.165) is 17.0 Å². The Balaban J connectivity index is 1.82. The Labute approximate surface area is 163 Å². The predicted molar refractivity (Wildman–Crippen MR) is 114 cm³/mol. The van der Waals surface area contributed by atoms with Crippen molar-refractivity contribution < 1.29 is 4.74 Å². The van der Waals surface area contributed by atoms with Crippen molar-refractivity contribution in [2.24, 2.45) is 0 Å². The van der Waals surface area contributed by atoms with Gasteiger partial charge in [0.2, 0.25) is 0 Å². The average Bonchev–Trinajstić information content (AvgIpc) is 2.74. The molecule has 28 heavy (non-hydrogen) atoms. The summed E-state index contributed by atoms with van der Waals surface area (Å²) in [6, 6.07) is 24.8. The largest absolute Gasteiger partial charge is 0.494 e. The summed E-state index contributed by atoms with van der Waals surface area (Å²) in [6.45, 7) is 2.60. The molecule has 4 aromatic rings. The number of fused-ring (bicyclic) bond motifs is 1. The zero-order valence-corrected chi connectivity index (χ0v) is 15.6. The van der Waals surface area contributed by atoms with Gasteiger partial charge in [0.25, 0.3) is 5.56 Å². The van der Waals surface area contributed by atoms with Gasteiger partial charge < -0.3 is 4.74 Å². The van der Waals surface area contributed by atoms with Crippen LogP contribution in [0.2, 0.25) is 0 Å². The van der Waals surface area contributed by atoms with E-state index in [9.17, 15) is 4.79 Å². The molecule has 1 heterocycles. The number of aromatic nitrogens is 2. The molecule has 0 atom stereocenters. The van der Waals surface area contributed by atoms with E-state index >= 15 is 0 Å². The summed E-state index contributed by atoms with van der Waals surface area (Å²) < 4.78 is 7.13. The Morgan fingerprint density at radius 3 is 2.36 bits per heavy atom. The highest BCUT2D eigenvalue weighted by Gasteiger charge is 2.10. The second kappa shape index (κ2) is 7.92. The molecule has 4 heteroatoms. The highest BCUT2D eigenvalue weighted by Crippen LogP contribution is 2.17. The molecule has 0 radical (unpaired) electrons. The van der Waals surface area contributed by atoms with Crippen LogP contribution in [0.4, 0.5) is 0 Å². The van der Waals surface area contributed by atoms with Gasteiger partial charge in [0.15, 0.2) is 0 Å². The van der Waals surface area contributed by atoms with Crippen LogP contribution < -0.4 is 10.3 Å². The van der Waals surface area contributed by atoms with Crippen LogP contribution in [0, 0.1) is 0 Å². The molecule has 0 amide bonds. The fraction of sp³-hybridized carbons (Fsp3) is 0.0833. The molecule has 0 saturated heterocycles. The number of rotatable bonds is 5. The molecule has 0 aliphatic carbocycles. The Kier molecular flexibility index (Phi) is 5.02. The fourth-order valence-electron chi connectivity index (χ4n) is 3.10. The zero-order chi connectivity index (χ0) is 19.3. The van der Waals surface area contributed by atoms with Crippen molar-refractivity contribution in [2.75, 3.05) is 6.61 Å². The van der Waals surface area contributed by atoms with Crippen molar-refractivity contribution in [3.63, 3.8) is 0 Å². The van der Waals surface area contributed by atoms with Crippen molar-refractivity contribution in [2.45, 2.75) is 6.92 Å². The maximum Gasteiger partial charge on any atom is 0.266 e. The van der Waals surface area contributed by atoms with E-state index < -0.39 is 0 Å². The minimum absolute atomic E-state index is 0.0804. The molecule has 0 bridgehead atoms. The zero-order valence-electron chi connectivity index (χ0n) is 15.6. The van der Waals surface area contributed by atoms with Crippen LogP contribution in [-0.2, 0) is 0 Å². The molecule has 1 aromatic heterocycles. The number of benzene rings is 3. The van der Waals surface area contributed by atoms with Crippen molar-refractivity contribution in [1.29, 1.82) is 0 Å². The smallest absolute Gasteiger partial charge is 0.266 e. The lowest BCUT2D eigenvalue weighted by molar-refractivity contribution is 0.340. The van der Waals surface area contributed by atoms with Gasteiger partial charge in [-0.05, 0) is 55.0 Å². The lowest BCUT2D eigenvalue weighted by Gasteiger charge is -2.11. The summed E-state index contributed by atoms with van der Waals surface area (Å²) in [7, 11) is 0. The monoisotopic (exact) mass is 368 g/mol. The maximum atomic E-state index is 13.2. The van der Waals surface area contributed by atoms with E-state index in [1.165, 1.54) is 0 Å². The van der Waals surface area contributed by atoms with Crippen LogP contribution in [0.15, 0.2) is 83.7 Å². The SMILES string of the molecule is CCOc1ccc(/C=C/c2nc3ccccc3c(=O)n2-c2ccccc2)cc1. The first-order valence-corrected chi connectivity index (χ1v) is 9.24. The van der Waals surface area contributed by atoms with Gasteiger partial charge in [0.05, 0.1) is 23.2 Å². The summed E-state index contributed by atoms with van der Waals surface area (Å²) in [4.78, 5) is 17.9. The van der Waals surface area contributed by atoms with E-state index in [1.54, 1.807) is 4.57 Å². The third kappa shape index (κ3) is 3.58. The molecule has 0 saturated carbocycles. The molecule has 0 unspecified atom stereocenters. The summed E-state index contributed by atoms with van der Waals surface area (Å²) in [5.74, 6) is 1.42. The quantitative estimate of drug-likeness (QED) is 0.500. The van der Waals surface area contributed by atoms with Gasteiger partial charge in [0.1, 0.15) is 11.6 Å². The van der Waals surface area contributed by atoms with Crippen molar-refractivity contribution in [3.05, 3.63) is 101 Å². The third-order valence-corrected chi connectivity index (χ3v) is 4.43. The number of ether oxygens (including phenoxy) is 1. The average molecular weight is 368 g/mol. The van der Waals surface area contributed by atoms with Gasteiger partial charge in [-0.15, -0.1) is 0 Å². The molecule has 138 valence electrons. The minimum Gasteiger partial charge on any atom is -0.494 e. The molecule has 4 rings (SSSR count). The van der Waals surface area contributed by atoms with Crippen molar-refractivity contribution in [3.8, 4) is 11.4 Å². The Morgan fingerprint density at radius 2 is 1.61 bits per heavy atom. The van der Waals surface area contributed by atoms with E-state index in [1.807, 2.05) is 97.9 Å². The molecule has 0 aliphatic rings. The maximum absolute atomic E-state index is 13.2. The number of nitrogens with zero attached hydrogens (tertiary/aromatic N) is 2. The second-order valence-corrected chi connectivity index (χ2v) is 6.30. The van der Waals surface area contributed by atoms with Crippen LogP contribution in [0.1, 0.15) is 18.3 Å². The second-order valence-electron chi connectivity index (χ2n) is 6.30. The first kappa shape index (κ1) is 17.7. The van der Waals surface area contributed by atoms with Crippen molar-refractivity contribution in [1.82, 2.24) is 9.55 Å². The molecular weight excluding hydrogens is 348 g/mol. The first-order valence-electron chi connectivity index (χ1n) is 9.24. The molecule has 0 spiro atoms. The van der Waals surface area contributed by atoms with Crippen LogP contribution in [-0.4, -0.2) is 16.2 Å². The summed E-state index contributed by atoms with van der Waals surface area (Å²) in [5.41, 5.74) is 2.40. The van der Waals surface area contributed by atoms with E-state index in [2.05, 4.69) is 0 Å². The van der Waals surface area contributed by atoms with Gasteiger partial charge in [-0.3, -0.25) is 9.36 Å². The van der Waals surface area contributed by atoms with Gasteiger partial charge in [-0.1, -0.05) is 48.5 Å². The van der Waals surface area contributed by atoms with E-state index in [0.29, 0.717) is 23.3 Å². The van der Waals surface area contributed by atoms with E-state index in [-0.39, 0.29) is 5.56 Å². The molecule has 0 fully saturated rings. The van der Waals surface area contributed by atoms with Crippen LogP contribution >= 0.6 is 0 Å². The molecular formula is C24H20N2O2. The number of hydrogen-bond donors (Lipinski definition) is 0. The topological polar surface area (TPSA) is 44.1 Å². The Morgan fingerprint density at radius 1 is 0.893 bits per heavy atom. The van der Waals surface area contributed by atoms with Gasteiger partial charge in [-0.25, -0.2) is 4.98 Å². The normalized spacial score (nSPS) is 11.2. The lowest BCUT2D eigenvalue weighted by atomic mass is 10.2. The molecule has 3 aromatic carbocycles. The minimum atomic E-state index is -0.0804. The van der Waals surface area contributed by atoms with Crippen LogP contribution in [0.25, 0.3) is 28.7 Å². The standard InChI is InChI=1S/C24H20N2O2/c1-2-28-20-15-12-18(13-16-20)14-17-23-25-22-11-7-6-10-21(22)24(27)26(23)19-8-4-3-5-9-19/h3-17H,2H2,1H3/b17-14+. The summed E-state index contributed by atoms with van der Waals surface area (Å²) >= 11 is 0. The van der Waals surface area contributed by atoms with Gasteiger partial charge in [-0.2, -0.15) is 0 Å². The third-order valence-electron chi connectivity index (χ3n) is 4.43. The highest BCUT2D eigenvalue weighted by atomic mass is 16.5. The lowest BCUT2D eigenvalue weighted by Crippen LogP contribution is -2.22. The van der Waals surface area contributed by atoms with E-state index in [4.69, 9.17) is 9.72 Å². The van der Waals surface area contributed by atoms with Crippen LogP contribution in [0.5, 0.6) is 5.75 Å². The van der Waals surface area contributed by atoms with Gasteiger partial charge in [0, 0.05) is 0 Å². The van der Waals surface area contributed by atoms with Crippen molar-refractivity contribution >= 4 is 23.1 Å². The first-order chi connectivity index (χ1) is 13.8. The summed E-state index contributed by atoms with van der Waals surface area (Å²) in [5, 5.41) is 0.601. The highest BCUT2D eigenvalue weighted by molar-refractivity contribution is 5.80. The Hall–Kier alpha value is -3.66. The Bertz CT molecular complexity index is 1180. The molecule has 4 nitrogen and oxygen atoms in total. The van der Waals surface area contributed by atoms with Gasteiger partial charge >= 0.3 is 0 Å². The van der Waals surface area contributed by atoms with Crippen LogP contribution in [0.3, 0.4) is 0 Å². The molecule has 0 N–H and O–H groups in total. The predicted octanol–water partition coefficient (Wildman–Crippen LogP) is 4.95. The molecule has 0 aliphatic heterocycles. The summed E-state index contributed by atoms with van der Waals surface area (Å²) in [6.07, 6.45) is 3.82. The fourth-order valence-corrected chi connectivity index (χ4v) is 3.10. The number of hydrogen-bond acceptors (Lipinski definition) is 3. The number of para-hydroxylation sites is 2.